The molecule has 0 radical (unpaired) electrons. The first-order chi connectivity index (χ1) is 13.2. The quantitative estimate of drug-likeness (QED) is 0.508. The van der Waals surface area contributed by atoms with Gasteiger partial charge in [0, 0.05) is 12.0 Å². The maximum Gasteiger partial charge on any atom is 0.256 e. The van der Waals surface area contributed by atoms with Crippen LogP contribution >= 0.6 is 0 Å². The highest BCUT2D eigenvalue weighted by Crippen LogP contribution is 2.24. The third-order valence-electron chi connectivity index (χ3n) is 4.93. The minimum Gasteiger partial charge on any atom is -0.489 e. The monoisotopic (exact) mass is 356 g/mol. The molecule has 0 unspecified atom stereocenters. The van der Waals surface area contributed by atoms with Gasteiger partial charge in [0.2, 0.25) is 0 Å². The molecule has 0 N–H and O–H groups in total. The Morgan fingerprint density at radius 2 is 1.67 bits per heavy atom. The molecule has 1 aliphatic rings. The number of ketones is 1. The number of nitrogens with zero attached hydrogens (tertiary/aromatic N) is 1. The van der Waals surface area contributed by atoms with Crippen LogP contribution in [0.2, 0.25) is 0 Å². The summed E-state index contributed by atoms with van der Waals surface area (Å²) in [7, 11) is 1.99. The zero-order valence-corrected chi connectivity index (χ0v) is 15.4. The van der Waals surface area contributed by atoms with Gasteiger partial charge in [-0.1, -0.05) is 60.7 Å². The van der Waals surface area contributed by atoms with E-state index in [1.807, 2.05) is 67.7 Å². The highest BCUT2D eigenvalue weighted by molar-refractivity contribution is 6.50. The number of rotatable bonds is 5. The first-order valence-corrected chi connectivity index (χ1v) is 9.20. The third kappa shape index (κ3) is 3.68. The number of ether oxygens (including phenoxy) is 1. The van der Waals surface area contributed by atoms with Crippen molar-refractivity contribution in [1.82, 2.24) is 0 Å². The van der Waals surface area contributed by atoms with Crippen LogP contribution in [0.25, 0.3) is 0 Å². The topological polar surface area (TPSA) is 29.3 Å². The Kier molecular flexibility index (Phi) is 4.84. The largest absolute Gasteiger partial charge is 0.489 e. The first-order valence-electron chi connectivity index (χ1n) is 9.20. The summed E-state index contributed by atoms with van der Waals surface area (Å²) < 4.78 is 8.02. The number of carbonyl (C=O) groups excluding carboxylic acids is 1. The minimum absolute atomic E-state index is 0.0667. The zero-order valence-electron chi connectivity index (χ0n) is 15.4. The molecule has 0 aliphatic carbocycles. The fourth-order valence-corrected chi connectivity index (χ4v) is 3.47. The molecule has 134 valence electrons. The van der Waals surface area contributed by atoms with Crippen molar-refractivity contribution in [3.05, 3.63) is 101 Å². The van der Waals surface area contributed by atoms with Crippen LogP contribution in [-0.4, -0.2) is 29.7 Å². The predicted molar refractivity (Wildman–Crippen MR) is 107 cm³/mol. The van der Waals surface area contributed by atoms with Crippen LogP contribution in [-0.2, 0) is 13.0 Å². The number of hydrogen-bond acceptors (Lipinski definition) is 2. The number of Topliss-reactive ketones (excluding diaryl/α,β-unsaturated/α-hetero) is 1. The second kappa shape index (κ2) is 7.58. The smallest absolute Gasteiger partial charge is 0.256 e. The fraction of sp³-hybridized carbons (Fsp3) is 0.167. The molecule has 0 saturated carbocycles. The summed E-state index contributed by atoms with van der Waals surface area (Å²) in [6.45, 7) is 1.36. The Balaban J connectivity index is 1.60. The molecular formula is C24H22NO2+. The Bertz CT molecular complexity index is 991. The van der Waals surface area contributed by atoms with E-state index in [9.17, 15) is 4.79 Å². The summed E-state index contributed by atoms with van der Waals surface area (Å²) in [5.41, 5.74) is 4.79. The zero-order chi connectivity index (χ0) is 18.6. The lowest BCUT2D eigenvalue weighted by Crippen LogP contribution is -2.33. The molecular weight excluding hydrogens is 334 g/mol. The molecule has 0 amide bonds. The Morgan fingerprint density at radius 1 is 0.963 bits per heavy atom. The summed E-state index contributed by atoms with van der Waals surface area (Å²) in [4.78, 5) is 13.1. The second-order valence-corrected chi connectivity index (χ2v) is 6.81. The van der Waals surface area contributed by atoms with Crippen LogP contribution in [0.3, 0.4) is 0 Å². The van der Waals surface area contributed by atoms with Crippen molar-refractivity contribution in [2.75, 3.05) is 13.6 Å². The van der Waals surface area contributed by atoms with Crippen molar-refractivity contribution in [2.24, 2.45) is 0 Å². The van der Waals surface area contributed by atoms with E-state index >= 15 is 0 Å². The van der Waals surface area contributed by atoms with Gasteiger partial charge < -0.3 is 4.74 Å². The fourth-order valence-electron chi connectivity index (χ4n) is 3.47. The van der Waals surface area contributed by atoms with Gasteiger partial charge >= 0.3 is 0 Å². The van der Waals surface area contributed by atoms with Crippen LogP contribution < -0.4 is 4.74 Å². The second-order valence-electron chi connectivity index (χ2n) is 6.81. The molecule has 4 rings (SSSR count). The van der Waals surface area contributed by atoms with Gasteiger partial charge in [-0.05, 0) is 29.3 Å². The molecule has 0 atom stereocenters. The van der Waals surface area contributed by atoms with Crippen LogP contribution in [0.5, 0.6) is 5.75 Å². The average Bonchev–Trinajstić information content (AvgIpc) is 2.73. The van der Waals surface area contributed by atoms with Gasteiger partial charge in [0.25, 0.3) is 11.5 Å². The van der Waals surface area contributed by atoms with E-state index in [1.54, 1.807) is 0 Å². The van der Waals surface area contributed by atoms with E-state index in [1.165, 1.54) is 0 Å². The normalized spacial score (nSPS) is 13.2. The van der Waals surface area contributed by atoms with Crippen LogP contribution in [0.4, 0.5) is 0 Å². The van der Waals surface area contributed by atoms with Crippen LogP contribution in [0.15, 0.2) is 78.9 Å². The standard InChI is InChI=1S/C24H22NO2/c1-25-15-14-20-16-21(27-17-18-8-4-2-5-9-18)12-13-22(20)23(25)24(26)19-10-6-3-7-11-19/h2-13,16H,14-15,17H2,1H3/q+1. The number of carbonyl (C=O) groups is 1. The van der Waals surface area contributed by atoms with E-state index in [4.69, 9.17) is 4.74 Å². The predicted octanol–water partition coefficient (Wildman–Crippen LogP) is 4.14. The highest BCUT2D eigenvalue weighted by atomic mass is 16.5. The van der Waals surface area contributed by atoms with E-state index < -0.39 is 0 Å². The number of hydrogen-bond donors (Lipinski definition) is 0. The maximum absolute atomic E-state index is 13.1. The molecule has 1 aliphatic heterocycles. The summed E-state index contributed by atoms with van der Waals surface area (Å²) in [5.74, 6) is 0.908. The summed E-state index contributed by atoms with van der Waals surface area (Å²) in [6, 6.07) is 25.6. The summed E-state index contributed by atoms with van der Waals surface area (Å²) >= 11 is 0. The van der Waals surface area contributed by atoms with E-state index in [0.717, 1.165) is 46.7 Å². The maximum atomic E-state index is 13.1. The lowest BCUT2D eigenvalue weighted by Gasteiger charge is -2.17. The van der Waals surface area contributed by atoms with E-state index in [-0.39, 0.29) is 5.78 Å². The van der Waals surface area contributed by atoms with Gasteiger partial charge in [-0.2, -0.15) is 0 Å². The Morgan fingerprint density at radius 3 is 2.41 bits per heavy atom. The van der Waals surface area contributed by atoms with Crippen molar-refractivity contribution in [1.29, 1.82) is 0 Å². The van der Waals surface area contributed by atoms with Gasteiger partial charge in [0.1, 0.15) is 25.9 Å². The summed E-state index contributed by atoms with van der Waals surface area (Å²) in [6.07, 6.45) is 0.903. The SMILES string of the molecule is C[N+]1=C(C(=O)c2ccccc2)c2ccc(OCc3ccccc3)cc2CC1. The molecule has 3 aromatic carbocycles. The first kappa shape index (κ1) is 17.2. The Hall–Kier alpha value is -3.20. The lowest BCUT2D eigenvalue weighted by atomic mass is 9.92. The van der Waals surface area contributed by atoms with Crippen molar-refractivity contribution in [2.45, 2.75) is 13.0 Å². The average molecular weight is 356 g/mol. The summed E-state index contributed by atoms with van der Waals surface area (Å²) in [5, 5.41) is 0. The van der Waals surface area contributed by atoms with Gasteiger partial charge in [0.15, 0.2) is 0 Å². The van der Waals surface area contributed by atoms with Gasteiger partial charge in [-0.3, -0.25) is 4.79 Å². The third-order valence-corrected chi connectivity index (χ3v) is 4.93. The molecule has 3 aromatic rings. The van der Waals surface area contributed by atoms with E-state index in [0.29, 0.717) is 6.61 Å². The molecule has 3 nitrogen and oxygen atoms in total. The number of benzene rings is 3. The van der Waals surface area contributed by atoms with Gasteiger partial charge in [0.05, 0.1) is 5.56 Å². The minimum atomic E-state index is 0.0667. The molecule has 0 spiro atoms. The molecule has 27 heavy (non-hydrogen) atoms. The van der Waals surface area contributed by atoms with Crippen molar-refractivity contribution in [3.63, 3.8) is 0 Å². The van der Waals surface area contributed by atoms with Gasteiger partial charge in [-0.15, -0.1) is 0 Å². The van der Waals surface area contributed by atoms with Crippen LogP contribution in [0, 0.1) is 0 Å². The molecule has 0 aromatic heterocycles. The molecule has 0 saturated heterocycles. The van der Waals surface area contributed by atoms with Crippen molar-refractivity contribution < 1.29 is 14.1 Å². The number of fused-ring (bicyclic) bond motifs is 1. The van der Waals surface area contributed by atoms with Crippen LogP contribution in [0.1, 0.15) is 27.0 Å². The van der Waals surface area contributed by atoms with Crippen molar-refractivity contribution >= 4 is 11.5 Å². The Labute approximate surface area is 159 Å². The lowest BCUT2D eigenvalue weighted by molar-refractivity contribution is -0.496. The molecule has 3 heteroatoms. The van der Waals surface area contributed by atoms with E-state index in [2.05, 4.69) is 22.8 Å². The molecule has 1 heterocycles. The van der Waals surface area contributed by atoms with Crippen molar-refractivity contribution in [3.8, 4) is 5.75 Å². The number of likely N-dealkylation sites (N-methyl/N-ethyl adjacent to an activating group) is 1. The highest BCUT2D eigenvalue weighted by Gasteiger charge is 2.30. The molecule has 0 bridgehead atoms. The molecule has 0 fully saturated rings. The van der Waals surface area contributed by atoms with Gasteiger partial charge in [-0.25, -0.2) is 4.58 Å².